The summed E-state index contributed by atoms with van der Waals surface area (Å²) in [4.78, 5) is 23.1. The highest BCUT2D eigenvalue weighted by molar-refractivity contribution is 6.30. The molecule has 8 heteroatoms. The lowest BCUT2D eigenvalue weighted by Crippen LogP contribution is -2.13. The molecule has 3 aromatic rings. The quantitative estimate of drug-likeness (QED) is 0.265. The van der Waals surface area contributed by atoms with Crippen molar-refractivity contribution in [2.75, 3.05) is 5.32 Å². The van der Waals surface area contributed by atoms with Gasteiger partial charge in [0.25, 0.3) is 11.6 Å². The number of rotatable bonds is 5. The molecule has 0 aliphatic carbocycles. The summed E-state index contributed by atoms with van der Waals surface area (Å²) in [7, 11) is 0. The number of non-ortho nitro benzene ring substituents is 1. The Morgan fingerprint density at radius 1 is 1.20 bits per heavy atom. The highest BCUT2D eigenvalue weighted by atomic mass is 35.5. The number of nitro benzene ring substituents is 1. The molecule has 0 fully saturated rings. The Kier molecular flexibility index (Phi) is 6.00. The maximum atomic E-state index is 12.5. The van der Waals surface area contributed by atoms with E-state index in [1.54, 1.807) is 36.4 Å². The largest absolute Gasteiger partial charge is 0.321 e. The second-order valence-electron chi connectivity index (χ2n) is 6.57. The number of nitro groups is 1. The summed E-state index contributed by atoms with van der Waals surface area (Å²) >= 11 is 5.84. The molecular formula is C22H17ClN4O3. The molecule has 0 spiro atoms. The van der Waals surface area contributed by atoms with E-state index in [9.17, 15) is 20.2 Å². The van der Waals surface area contributed by atoms with Gasteiger partial charge in [0.05, 0.1) is 10.6 Å². The number of aryl methyl sites for hydroxylation is 1. The molecule has 0 saturated heterocycles. The van der Waals surface area contributed by atoms with Gasteiger partial charge in [0, 0.05) is 34.2 Å². The van der Waals surface area contributed by atoms with Crippen LogP contribution in [-0.4, -0.2) is 15.4 Å². The Labute approximate surface area is 178 Å². The van der Waals surface area contributed by atoms with Crippen LogP contribution in [0.3, 0.4) is 0 Å². The molecule has 150 valence electrons. The summed E-state index contributed by atoms with van der Waals surface area (Å²) in [6.45, 7) is 3.67. The van der Waals surface area contributed by atoms with Crippen LogP contribution in [0.25, 0.3) is 11.8 Å². The predicted molar refractivity (Wildman–Crippen MR) is 116 cm³/mol. The summed E-state index contributed by atoms with van der Waals surface area (Å²) in [5.74, 6) is -0.542. The van der Waals surface area contributed by atoms with Crippen molar-refractivity contribution in [1.82, 2.24) is 4.57 Å². The predicted octanol–water partition coefficient (Wildman–Crippen LogP) is 5.20. The van der Waals surface area contributed by atoms with Crippen molar-refractivity contribution in [3.05, 3.63) is 92.3 Å². The van der Waals surface area contributed by atoms with Crippen LogP contribution in [0.2, 0.25) is 5.02 Å². The molecule has 1 heterocycles. The van der Waals surface area contributed by atoms with E-state index in [1.165, 1.54) is 18.2 Å². The highest BCUT2D eigenvalue weighted by Gasteiger charge is 2.15. The smallest absolute Gasteiger partial charge is 0.271 e. The Bertz CT molecular complexity index is 1200. The molecule has 0 aliphatic rings. The number of nitriles is 1. The fourth-order valence-corrected chi connectivity index (χ4v) is 3.24. The summed E-state index contributed by atoms with van der Waals surface area (Å²) < 4.78 is 1.84. The Balaban J connectivity index is 1.94. The molecule has 0 atom stereocenters. The fraction of sp³-hybridized carbons (Fsp3) is 0.0909. The maximum Gasteiger partial charge on any atom is 0.271 e. The number of amides is 1. The average Bonchev–Trinajstić information content (AvgIpc) is 3.00. The zero-order valence-electron chi connectivity index (χ0n) is 16.2. The third-order valence-corrected chi connectivity index (χ3v) is 4.79. The number of carbonyl (C=O) groups is 1. The molecule has 0 unspecified atom stereocenters. The lowest BCUT2D eigenvalue weighted by atomic mass is 10.1. The molecule has 3 rings (SSSR count). The SMILES string of the molecule is Cc1cc(C=C(C#N)C(=O)Nc2ccc(Cl)cc2)c(C)n1-c1cccc([N+](=O)[O-])c1. The van der Waals surface area contributed by atoms with Crippen LogP contribution < -0.4 is 5.32 Å². The van der Waals surface area contributed by atoms with Gasteiger partial charge in [-0.15, -0.1) is 0 Å². The first-order valence-electron chi connectivity index (χ1n) is 8.92. The first-order chi connectivity index (χ1) is 14.3. The van der Waals surface area contributed by atoms with Crippen LogP contribution >= 0.6 is 11.6 Å². The van der Waals surface area contributed by atoms with Crippen molar-refractivity contribution in [3.8, 4) is 11.8 Å². The third-order valence-electron chi connectivity index (χ3n) is 4.54. The van der Waals surface area contributed by atoms with Gasteiger partial charge in [-0.2, -0.15) is 5.26 Å². The van der Waals surface area contributed by atoms with E-state index in [4.69, 9.17) is 11.6 Å². The number of nitrogens with one attached hydrogen (secondary N) is 1. The lowest BCUT2D eigenvalue weighted by Gasteiger charge is -2.09. The number of anilines is 1. The van der Waals surface area contributed by atoms with Gasteiger partial charge in [-0.05, 0) is 61.9 Å². The molecule has 1 amide bonds. The maximum absolute atomic E-state index is 12.5. The van der Waals surface area contributed by atoms with Crippen LogP contribution in [0.1, 0.15) is 17.0 Å². The molecule has 2 aromatic carbocycles. The minimum absolute atomic E-state index is 0.0165. The normalized spacial score (nSPS) is 11.1. The minimum Gasteiger partial charge on any atom is -0.321 e. The van der Waals surface area contributed by atoms with E-state index >= 15 is 0 Å². The van der Waals surface area contributed by atoms with E-state index in [1.807, 2.05) is 30.6 Å². The average molecular weight is 421 g/mol. The first-order valence-corrected chi connectivity index (χ1v) is 9.30. The van der Waals surface area contributed by atoms with Crippen molar-refractivity contribution < 1.29 is 9.72 Å². The number of carbonyl (C=O) groups excluding carboxylic acids is 1. The molecular weight excluding hydrogens is 404 g/mol. The zero-order chi connectivity index (χ0) is 21.8. The summed E-state index contributed by atoms with van der Waals surface area (Å²) in [5, 5.41) is 23.8. The standard InChI is InChI=1S/C22H17ClN4O3/c1-14-10-16(15(2)26(14)20-4-3-5-21(12-20)27(29)30)11-17(13-24)22(28)25-19-8-6-18(23)7-9-19/h3-12H,1-2H3,(H,25,28). The van der Waals surface area contributed by atoms with Crippen LogP contribution in [-0.2, 0) is 4.79 Å². The van der Waals surface area contributed by atoms with Crippen molar-refractivity contribution in [2.45, 2.75) is 13.8 Å². The number of halogens is 1. The highest BCUT2D eigenvalue weighted by Crippen LogP contribution is 2.25. The second-order valence-corrected chi connectivity index (χ2v) is 7.01. The van der Waals surface area contributed by atoms with Gasteiger partial charge in [-0.25, -0.2) is 0 Å². The molecule has 0 aliphatic heterocycles. The Morgan fingerprint density at radius 3 is 2.53 bits per heavy atom. The van der Waals surface area contributed by atoms with Gasteiger partial charge in [-0.3, -0.25) is 14.9 Å². The van der Waals surface area contributed by atoms with E-state index in [-0.39, 0.29) is 11.3 Å². The fourth-order valence-electron chi connectivity index (χ4n) is 3.11. The van der Waals surface area contributed by atoms with Gasteiger partial charge in [0.2, 0.25) is 0 Å². The summed E-state index contributed by atoms with van der Waals surface area (Å²) in [5.41, 5.74) is 3.30. The van der Waals surface area contributed by atoms with Gasteiger partial charge in [0.1, 0.15) is 11.6 Å². The molecule has 0 radical (unpaired) electrons. The number of aromatic nitrogens is 1. The van der Waals surface area contributed by atoms with Crippen LogP contribution in [0.5, 0.6) is 0 Å². The second kappa shape index (κ2) is 8.64. The van der Waals surface area contributed by atoms with Gasteiger partial charge < -0.3 is 9.88 Å². The van der Waals surface area contributed by atoms with Gasteiger partial charge >= 0.3 is 0 Å². The summed E-state index contributed by atoms with van der Waals surface area (Å²) in [6, 6.07) is 16.6. The number of nitrogens with zero attached hydrogens (tertiary/aromatic N) is 3. The van der Waals surface area contributed by atoms with Crippen molar-refractivity contribution >= 4 is 35.0 Å². The number of hydrogen-bond acceptors (Lipinski definition) is 4. The van der Waals surface area contributed by atoms with E-state index < -0.39 is 10.8 Å². The molecule has 0 bridgehead atoms. The third kappa shape index (κ3) is 4.40. The van der Waals surface area contributed by atoms with Crippen LogP contribution in [0.4, 0.5) is 11.4 Å². The Hall–Kier alpha value is -3.89. The monoisotopic (exact) mass is 420 g/mol. The summed E-state index contributed by atoms with van der Waals surface area (Å²) in [6.07, 6.45) is 1.50. The minimum atomic E-state index is -0.542. The van der Waals surface area contributed by atoms with E-state index in [0.717, 1.165) is 11.4 Å². The van der Waals surface area contributed by atoms with Crippen LogP contribution in [0.15, 0.2) is 60.2 Å². The number of benzene rings is 2. The molecule has 7 nitrogen and oxygen atoms in total. The van der Waals surface area contributed by atoms with Crippen LogP contribution in [0, 0.1) is 35.3 Å². The van der Waals surface area contributed by atoms with Gasteiger partial charge in [0.15, 0.2) is 0 Å². The number of hydrogen-bond donors (Lipinski definition) is 1. The Morgan fingerprint density at radius 2 is 1.90 bits per heavy atom. The topological polar surface area (TPSA) is 101 Å². The van der Waals surface area contributed by atoms with Crippen molar-refractivity contribution in [3.63, 3.8) is 0 Å². The van der Waals surface area contributed by atoms with Crippen molar-refractivity contribution in [2.24, 2.45) is 0 Å². The molecule has 30 heavy (non-hydrogen) atoms. The van der Waals surface area contributed by atoms with Crippen molar-refractivity contribution in [1.29, 1.82) is 5.26 Å². The van der Waals surface area contributed by atoms with E-state index in [0.29, 0.717) is 22.0 Å². The molecule has 0 saturated carbocycles. The van der Waals surface area contributed by atoms with E-state index in [2.05, 4.69) is 5.32 Å². The van der Waals surface area contributed by atoms with Gasteiger partial charge in [-0.1, -0.05) is 17.7 Å². The lowest BCUT2D eigenvalue weighted by molar-refractivity contribution is -0.384. The first kappa shape index (κ1) is 20.8. The molecule has 1 N–H and O–H groups in total. The molecule has 1 aromatic heterocycles. The zero-order valence-corrected chi connectivity index (χ0v) is 17.0.